The maximum absolute atomic E-state index is 11.0. The predicted octanol–water partition coefficient (Wildman–Crippen LogP) is 3.33. The van der Waals surface area contributed by atoms with Gasteiger partial charge in [-0.3, -0.25) is 0 Å². The zero-order chi connectivity index (χ0) is 9.99. The second-order valence-electron chi connectivity index (χ2n) is 5.78. The minimum atomic E-state index is -1.25. The lowest BCUT2D eigenvalue weighted by atomic mass is 10.0. The first-order valence-electron chi connectivity index (χ1n) is 4.62. The van der Waals surface area contributed by atoms with Crippen LogP contribution in [-0.2, 0) is 4.79 Å². The molecule has 0 fully saturated rings. The Morgan fingerprint density at radius 2 is 1.67 bits per heavy atom. The lowest BCUT2D eigenvalue weighted by Crippen LogP contribution is -2.32. The fourth-order valence-electron chi connectivity index (χ4n) is 2.17. The highest BCUT2D eigenvalue weighted by atomic mass is 28.3. The summed E-state index contributed by atoms with van der Waals surface area (Å²) in [6, 6.07) is 2.07. The second kappa shape index (κ2) is 3.73. The normalized spacial score (nSPS) is 13.2. The Bertz CT molecular complexity index is 165. The molecule has 0 saturated heterocycles. The zero-order valence-corrected chi connectivity index (χ0v) is 10.3. The lowest BCUT2D eigenvalue weighted by Gasteiger charge is -2.29. The van der Waals surface area contributed by atoms with Gasteiger partial charge in [0, 0.05) is 6.04 Å². The Morgan fingerprint density at radius 3 is 1.92 bits per heavy atom. The van der Waals surface area contributed by atoms with Crippen LogP contribution >= 0.6 is 0 Å². The highest BCUT2D eigenvalue weighted by Crippen LogP contribution is 2.29. The average molecular weight is 186 g/mol. The van der Waals surface area contributed by atoms with Gasteiger partial charge in [0.15, 0.2) is 0 Å². The largest absolute Gasteiger partial charge is 0.300 e. The topological polar surface area (TPSA) is 17.1 Å². The van der Waals surface area contributed by atoms with Crippen LogP contribution in [0.15, 0.2) is 0 Å². The van der Waals surface area contributed by atoms with E-state index in [4.69, 9.17) is 0 Å². The van der Waals surface area contributed by atoms with Gasteiger partial charge in [-0.2, -0.15) is 0 Å². The Hall–Kier alpha value is -0.113. The molecule has 0 heterocycles. The molecule has 1 nitrogen and oxygen atoms in total. The Labute approximate surface area is 77.6 Å². The highest BCUT2D eigenvalue weighted by molar-refractivity contribution is 6.80. The fourth-order valence-corrected chi connectivity index (χ4v) is 6.52. The molecule has 72 valence electrons. The molecular formula is C10H22OSi. The van der Waals surface area contributed by atoms with Crippen molar-refractivity contribution < 1.29 is 4.79 Å². The van der Waals surface area contributed by atoms with Crippen LogP contribution in [0.3, 0.4) is 0 Å². The van der Waals surface area contributed by atoms with E-state index in [0.29, 0.717) is 11.2 Å². The highest BCUT2D eigenvalue weighted by Gasteiger charge is 2.28. The van der Waals surface area contributed by atoms with Crippen molar-refractivity contribution in [3.63, 3.8) is 0 Å². The molecule has 0 unspecified atom stereocenters. The Balaban J connectivity index is 4.13. The van der Waals surface area contributed by atoms with Gasteiger partial charge in [0.2, 0.25) is 0 Å². The maximum Gasteiger partial charge on any atom is 0.127 e. The number of carbonyl (C=O) groups is 1. The fraction of sp³-hybridized carbons (Fsp3) is 0.900. The number of carbonyl (C=O) groups excluding carboxylic acids is 1. The van der Waals surface area contributed by atoms with Crippen molar-refractivity contribution in [1.29, 1.82) is 0 Å². The Kier molecular flexibility index (Phi) is 3.70. The molecule has 0 rings (SSSR count). The molecule has 0 radical (unpaired) electrons. The zero-order valence-electron chi connectivity index (χ0n) is 9.32. The van der Waals surface area contributed by atoms with Crippen LogP contribution in [0.1, 0.15) is 27.7 Å². The number of ketones is 1. The van der Waals surface area contributed by atoms with Crippen molar-refractivity contribution in [3.8, 4) is 0 Å². The Morgan fingerprint density at radius 1 is 1.25 bits per heavy atom. The van der Waals surface area contributed by atoms with Gasteiger partial charge in [-0.05, 0) is 12.3 Å². The van der Waals surface area contributed by atoms with Crippen molar-refractivity contribution in [2.75, 3.05) is 0 Å². The van der Waals surface area contributed by atoms with Gasteiger partial charge in [0.1, 0.15) is 5.78 Å². The average Bonchev–Trinajstić information content (AvgIpc) is 1.48. The molecule has 2 heteroatoms. The van der Waals surface area contributed by atoms with Crippen molar-refractivity contribution in [3.05, 3.63) is 0 Å². The van der Waals surface area contributed by atoms with Crippen LogP contribution in [0.25, 0.3) is 0 Å². The first kappa shape index (κ1) is 11.9. The summed E-state index contributed by atoms with van der Waals surface area (Å²) in [4.78, 5) is 11.0. The summed E-state index contributed by atoms with van der Waals surface area (Å²) >= 11 is 0. The number of hydrogen-bond donors (Lipinski definition) is 0. The molecule has 0 N–H and O–H groups in total. The van der Waals surface area contributed by atoms with Crippen LogP contribution in [0.5, 0.6) is 0 Å². The molecule has 0 aromatic carbocycles. The van der Waals surface area contributed by atoms with Gasteiger partial charge >= 0.3 is 0 Å². The summed E-state index contributed by atoms with van der Waals surface area (Å²) in [5.74, 6) is 0.357. The van der Waals surface area contributed by atoms with Crippen LogP contribution in [0, 0.1) is 5.41 Å². The van der Waals surface area contributed by atoms with E-state index >= 15 is 0 Å². The van der Waals surface area contributed by atoms with E-state index in [0.717, 1.165) is 6.04 Å². The number of hydrogen-bond acceptors (Lipinski definition) is 1. The van der Waals surface area contributed by atoms with Gasteiger partial charge < -0.3 is 4.79 Å². The number of Topliss-reactive ketones (excluding diaryl/α,β-unsaturated/α-hetero) is 1. The van der Waals surface area contributed by atoms with Gasteiger partial charge in [-0.15, -0.1) is 0 Å². The molecule has 12 heavy (non-hydrogen) atoms. The second-order valence-corrected chi connectivity index (χ2v) is 10.8. The van der Waals surface area contributed by atoms with Gasteiger partial charge in [0.25, 0.3) is 0 Å². The lowest BCUT2D eigenvalue weighted by molar-refractivity contribution is -0.115. The molecule has 0 amide bonds. The molecule has 0 aliphatic rings. The van der Waals surface area contributed by atoms with E-state index in [9.17, 15) is 4.79 Å². The van der Waals surface area contributed by atoms with Gasteiger partial charge in [-0.1, -0.05) is 39.9 Å². The van der Waals surface area contributed by atoms with E-state index in [-0.39, 0.29) is 0 Å². The monoisotopic (exact) mass is 186 g/mol. The summed E-state index contributed by atoms with van der Waals surface area (Å²) in [6.07, 6.45) is 0. The smallest absolute Gasteiger partial charge is 0.127 e. The molecule has 0 aliphatic carbocycles. The van der Waals surface area contributed by atoms with Crippen molar-refractivity contribution in [2.45, 2.75) is 52.9 Å². The first-order chi connectivity index (χ1) is 5.12. The van der Waals surface area contributed by atoms with Crippen LogP contribution < -0.4 is 0 Å². The van der Waals surface area contributed by atoms with Crippen molar-refractivity contribution >= 4 is 13.9 Å². The SMILES string of the molecule is CC(=O)C[Si](C)(C)CC(C)(C)C. The van der Waals surface area contributed by atoms with E-state index < -0.39 is 8.07 Å². The van der Waals surface area contributed by atoms with Crippen molar-refractivity contribution in [1.82, 2.24) is 0 Å². The summed E-state index contributed by atoms with van der Waals surface area (Å²) in [5, 5.41) is 0. The van der Waals surface area contributed by atoms with E-state index in [2.05, 4.69) is 33.9 Å². The molecule has 0 saturated carbocycles. The van der Waals surface area contributed by atoms with Gasteiger partial charge in [-0.25, -0.2) is 0 Å². The number of rotatable bonds is 3. The van der Waals surface area contributed by atoms with Gasteiger partial charge in [0.05, 0.1) is 8.07 Å². The predicted molar refractivity (Wildman–Crippen MR) is 57.2 cm³/mol. The van der Waals surface area contributed by atoms with E-state index in [1.807, 2.05) is 0 Å². The summed E-state index contributed by atoms with van der Waals surface area (Å²) in [5.41, 5.74) is 0.380. The molecule has 0 atom stereocenters. The minimum Gasteiger partial charge on any atom is -0.300 e. The van der Waals surface area contributed by atoms with Crippen LogP contribution in [0.2, 0.25) is 25.2 Å². The third-order valence-corrected chi connectivity index (χ3v) is 5.21. The molecule has 0 spiro atoms. The van der Waals surface area contributed by atoms with Crippen LogP contribution in [0.4, 0.5) is 0 Å². The third-order valence-electron chi connectivity index (χ3n) is 1.74. The summed E-state index contributed by atoms with van der Waals surface area (Å²) < 4.78 is 0. The maximum atomic E-state index is 11.0. The standard InChI is InChI=1S/C10H22OSi/c1-9(11)7-12(5,6)8-10(2,3)4/h7-8H2,1-6H3. The molecule has 0 aromatic heterocycles. The molecular weight excluding hydrogens is 164 g/mol. The van der Waals surface area contributed by atoms with E-state index in [1.54, 1.807) is 6.92 Å². The molecule has 0 bridgehead atoms. The molecule has 0 aromatic rings. The summed E-state index contributed by atoms with van der Waals surface area (Å²) in [6.45, 7) is 13.1. The van der Waals surface area contributed by atoms with Crippen molar-refractivity contribution in [2.24, 2.45) is 5.41 Å². The van der Waals surface area contributed by atoms with E-state index in [1.165, 1.54) is 6.04 Å². The van der Waals surface area contributed by atoms with Crippen LogP contribution in [-0.4, -0.2) is 13.9 Å². The molecule has 0 aliphatic heterocycles. The minimum absolute atomic E-state index is 0.357. The third kappa shape index (κ3) is 6.59. The first-order valence-corrected chi connectivity index (χ1v) is 8.03. The quantitative estimate of drug-likeness (QED) is 0.618. The summed E-state index contributed by atoms with van der Waals surface area (Å²) in [7, 11) is -1.25.